The lowest BCUT2D eigenvalue weighted by molar-refractivity contribution is -0.0114. The zero-order valence-electron chi connectivity index (χ0n) is 17.5. The number of amides is 1. The summed E-state index contributed by atoms with van der Waals surface area (Å²) >= 11 is 0. The van der Waals surface area contributed by atoms with Gasteiger partial charge < -0.3 is 15.0 Å². The van der Waals surface area contributed by atoms with Crippen molar-refractivity contribution in [3.05, 3.63) is 6.20 Å². The monoisotopic (exact) mass is 386 g/mol. The number of nitrogens with zero attached hydrogens (tertiary/aromatic N) is 3. The molecule has 154 valence electrons. The predicted octanol–water partition coefficient (Wildman–Crippen LogP) is 4.15. The molecule has 5 aliphatic rings. The number of aromatic nitrogens is 2. The van der Waals surface area contributed by atoms with Crippen molar-refractivity contribution in [1.82, 2.24) is 15.1 Å². The van der Waals surface area contributed by atoms with Crippen LogP contribution in [0.5, 0.6) is 5.75 Å². The summed E-state index contributed by atoms with van der Waals surface area (Å²) < 4.78 is 7.87. The molecule has 0 spiro atoms. The van der Waals surface area contributed by atoms with Crippen LogP contribution < -0.4 is 15.0 Å². The minimum Gasteiger partial charge on any atom is -0.405 e. The number of ether oxygens (including phenoxy) is 1. The molecule has 0 aromatic carbocycles. The summed E-state index contributed by atoms with van der Waals surface area (Å²) in [5.74, 6) is 4.66. The quantitative estimate of drug-likeness (QED) is 0.848. The van der Waals surface area contributed by atoms with E-state index in [1.54, 1.807) is 6.20 Å². The molecule has 1 aliphatic heterocycles. The zero-order valence-corrected chi connectivity index (χ0v) is 17.5. The van der Waals surface area contributed by atoms with E-state index in [9.17, 15) is 4.79 Å². The first-order valence-corrected chi connectivity index (χ1v) is 11.2. The Morgan fingerprint density at radius 2 is 1.68 bits per heavy atom. The second-order valence-electron chi connectivity index (χ2n) is 10.6. The molecule has 5 fully saturated rings. The van der Waals surface area contributed by atoms with Crippen LogP contribution in [-0.2, 0) is 5.54 Å². The fourth-order valence-corrected chi connectivity index (χ4v) is 6.53. The number of hydrogen-bond acceptors (Lipinski definition) is 4. The van der Waals surface area contributed by atoms with E-state index in [0.717, 1.165) is 30.7 Å². The minimum atomic E-state index is -0.300. The van der Waals surface area contributed by atoms with Crippen molar-refractivity contribution in [3.8, 4) is 5.75 Å². The molecule has 4 saturated carbocycles. The number of anilines is 1. The summed E-state index contributed by atoms with van der Waals surface area (Å²) in [7, 11) is 0. The van der Waals surface area contributed by atoms with Crippen molar-refractivity contribution >= 4 is 11.9 Å². The van der Waals surface area contributed by atoms with E-state index in [1.807, 2.05) is 4.68 Å². The van der Waals surface area contributed by atoms with Gasteiger partial charge in [0.2, 0.25) is 0 Å². The van der Waals surface area contributed by atoms with E-state index >= 15 is 0 Å². The Labute approximate surface area is 168 Å². The van der Waals surface area contributed by atoms with Crippen LogP contribution >= 0.6 is 0 Å². The maximum absolute atomic E-state index is 12.8. The van der Waals surface area contributed by atoms with E-state index in [2.05, 4.69) is 36.1 Å². The third-order valence-corrected chi connectivity index (χ3v) is 7.47. The molecule has 0 atom stereocenters. The van der Waals surface area contributed by atoms with E-state index in [4.69, 9.17) is 4.74 Å². The molecule has 2 heterocycles. The highest BCUT2D eigenvalue weighted by molar-refractivity contribution is 5.73. The topological polar surface area (TPSA) is 59.4 Å². The Hall–Kier alpha value is -1.72. The van der Waals surface area contributed by atoms with Crippen molar-refractivity contribution in [2.45, 2.75) is 77.3 Å². The smallest absolute Gasteiger partial charge is 0.405 e. The molecule has 1 aromatic rings. The maximum Gasteiger partial charge on any atom is 0.413 e. The van der Waals surface area contributed by atoms with E-state index in [1.165, 1.54) is 44.9 Å². The Bertz CT molecular complexity index is 716. The largest absolute Gasteiger partial charge is 0.413 e. The first-order valence-electron chi connectivity index (χ1n) is 11.2. The molecule has 1 saturated heterocycles. The van der Waals surface area contributed by atoms with Crippen molar-refractivity contribution in [2.75, 3.05) is 18.0 Å². The SMILES string of the molecule is CC(C)(C)n1ncc(OC(=O)NC2C3CC4CC(C3)CC2C4)c1N1CCCC1. The number of carbonyl (C=O) groups excluding carboxylic acids is 1. The fraction of sp³-hybridized carbons (Fsp3) is 0.818. The Balaban J connectivity index is 1.32. The number of hydrogen-bond donors (Lipinski definition) is 1. The second kappa shape index (κ2) is 6.67. The van der Waals surface area contributed by atoms with Crippen LogP contribution in [0, 0.1) is 23.7 Å². The lowest BCUT2D eigenvalue weighted by Gasteiger charge is -2.54. The molecule has 6 rings (SSSR count). The Morgan fingerprint density at radius 1 is 1.07 bits per heavy atom. The molecular weight excluding hydrogens is 352 g/mol. The van der Waals surface area contributed by atoms with Gasteiger partial charge in [0, 0.05) is 19.1 Å². The lowest BCUT2D eigenvalue weighted by Crippen LogP contribution is -2.56. The third-order valence-electron chi connectivity index (χ3n) is 7.47. The van der Waals surface area contributed by atoms with Crippen molar-refractivity contribution < 1.29 is 9.53 Å². The highest BCUT2D eigenvalue weighted by atomic mass is 16.6. The molecule has 1 amide bonds. The number of rotatable bonds is 3. The van der Waals surface area contributed by atoms with Crippen molar-refractivity contribution in [1.29, 1.82) is 0 Å². The molecule has 6 nitrogen and oxygen atoms in total. The normalized spacial score (nSPS) is 34.1. The molecule has 1 aromatic heterocycles. The highest BCUT2D eigenvalue weighted by Crippen LogP contribution is 2.53. The molecule has 4 aliphatic carbocycles. The van der Waals surface area contributed by atoms with Gasteiger partial charge in [0.15, 0.2) is 11.6 Å². The summed E-state index contributed by atoms with van der Waals surface area (Å²) in [6.45, 7) is 8.40. The maximum atomic E-state index is 12.8. The van der Waals surface area contributed by atoms with Gasteiger partial charge in [-0.3, -0.25) is 0 Å². The van der Waals surface area contributed by atoms with E-state index in [0.29, 0.717) is 23.6 Å². The van der Waals surface area contributed by atoms with Crippen LogP contribution in [0.4, 0.5) is 10.6 Å². The molecule has 4 bridgehead atoms. The molecule has 0 radical (unpaired) electrons. The van der Waals surface area contributed by atoms with Gasteiger partial charge in [-0.15, -0.1) is 0 Å². The first kappa shape index (κ1) is 18.3. The third kappa shape index (κ3) is 3.18. The van der Waals surface area contributed by atoms with Gasteiger partial charge in [-0.2, -0.15) is 5.10 Å². The van der Waals surface area contributed by atoms with Gasteiger partial charge in [-0.1, -0.05) is 0 Å². The molecule has 1 N–H and O–H groups in total. The van der Waals surface area contributed by atoms with Crippen LogP contribution in [0.25, 0.3) is 0 Å². The van der Waals surface area contributed by atoms with Gasteiger partial charge in [0.05, 0.1) is 11.7 Å². The highest BCUT2D eigenvalue weighted by Gasteiger charge is 2.48. The van der Waals surface area contributed by atoms with E-state index < -0.39 is 0 Å². The molecule has 28 heavy (non-hydrogen) atoms. The van der Waals surface area contributed by atoms with Crippen LogP contribution in [-0.4, -0.2) is 35.0 Å². The molecule has 0 unspecified atom stereocenters. The van der Waals surface area contributed by atoms with Gasteiger partial charge >= 0.3 is 6.09 Å². The standard InChI is InChI=1S/C22H34N4O2/c1-22(2,3)26-20(25-6-4-5-7-25)18(13-23-26)28-21(27)24-19-16-9-14-8-15(11-16)12-17(19)10-14/h13-17,19H,4-12H2,1-3H3,(H,24,27). The zero-order chi connectivity index (χ0) is 19.5. The van der Waals surface area contributed by atoms with Crippen LogP contribution in [0.2, 0.25) is 0 Å². The first-order chi connectivity index (χ1) is 13.4. The number of carbonyl (C=O) groups is 1. The van der Waals surface area contributed by atoms with Gasteiger partial charge in [0.1, 0.15) is 0 Å². The van der Waals surface area contributed by atoms with Crippen molar-refractivity contribution in [2.24, 2.45) is 23.7 Å². The Morgan fingerprint density at radius 3 is 2.25 bits per heavy atom. The summed E-state index contributed by atoms with van der Waals surface area (Å²) in [5, 5.41) is 7.83. The van der Waals surface area contributed by atoms with E-state index in [-0.39, 0.29) is 11.6 Å². The average Bonchev–Trinajstić information content (AvgIpc) is 3.26. The summed E-state index contributed by atoms with van der Waals surface area (Å²) in [5.41, 5.74) is -0.155. The minimum absolute atomic E-state index is 0.155. The summed E-state index contributed by atoms with van der Waals surface area (Å²) in [6, 6.07) is 0.299. The van der Waals surface area contributed by atoms with Crippen molar-refractivity contribution in [3.63, 3.8) is 0 Å². The predicted molar refractivity (Wildman–Crippen MR) is 109 cm³/mol. The van der Waals surface area contributed by atoms with Gasteiger partial charge in [-0.25, -0.2) is 9.48 Å². The van der Waals surface area contributed by atoms with Crippen LogP contribution in [0.3, 0.4) is 0 Å². The van der Waals surface area contributed by atoms with Crippen LogP contribution in [0.15, 0.2) is 6.20 Å². The number of nitrogens with one attached hydrogen (secondary N) is 1. The fourth-order valence-electron chi connectivity index (χ4n) is 6.53. The molecular formula is C22H34N4O2. The van der Waals surface area contributed by atoms with Gasteiger partial charge in [0.25, 0.3) is 0 Å². The van der Waals surface area contributed by atoms with Crippen LogP contribution in [0.1, 0.15) is 65.7 Å². The summed E-state index contributed by atoms with van der Waals surface area (Å²) in [6.07, 6.45) is 10.4. The van der Waals surface area contributed by atoms with Gasteiger partial charge in [-0.05, 0) is 89.4 Å². The molecule has 6 heteroatoms. The average molecular weight is 387 g/mol. The Kier molecular flexibility index (Phi) is 4.36. The lowest BCUT2D eigenvalue weighted by atomic mass is 9.54. The summed E-state index contributed by atoms with van der Waals surface area (Å²) in [4.78, 5) is 15.2. The second-order valence-corrected chi connectivity index (χ2v) is 10.6.